The molecule has 0 aliphatic carbocycles. The maximum absolute atomic E-state index is 12.6. The van der Waals surface area contributed by atoms with Crippen LogP contribution in [-0.4, -0.2) is 31.7 Å². The number of hydrogen-bond donors (Lipinski definition) is 2. The van der Waals surface area contributed by atoms with Gasteiger partial charge in [-0.15, -0.1) is 10.2 Å². The van der Waals surface area contributed by atoms with Crippen LogP contribution in [0.15, 0.2) is 30.5 Å². The number of carbonyl (C=O) groups is 1. The van der Waals surface area contributed by atoms with Gasteiger partial charge >= 0.3 is 0 Å². The summed E-state index contributed by atoms with van der Waals surface area (Å²) in [7, 11) is 0. The number of aromatic amines is 1. The molecular formula is C18H21N5O. The smallest absolute Gasteiger partial charge is 0.251 e. The summed E-state index contributed by atoms with van der Waals surface area (Å²) in [6.07, 6.45) is 3.63. The summed E-state index contributed by atoms with van der Waals surface area (Å²) in [4.78, 5) is 15.7. The van der Waals surface area contributed by atoms with E-state index in [1.807, 2.05) is 30.5 Å². The highest BCUT2D eigenvalue weighted by Gasteiger charge is 2.25. The molecule has 1 atom stereocenters. The van der Waals surface area contributed by atoms with Gasteiger partial charge < -0.3 is 14.9 Å². The van der Waals surface area contributed by atoms with Crippen molar-refractivity contribution in [1.82, 2.24) is 25.1 Å². The van der Waals surface area contributed by atoms with E-state index in [0.29, 0.717) is 11.5 Å². The molecule has 2 N–H and O–H groups in total. The Morgan fingerprint density at radius 2 is 2.21 bits per heavy atom. The van der Waals surface area contributed by atoms with E-state index >= 15 is 0 Å². The number of aromatic nitrogens is 4. The lowest BCUT2D eigenvalue weighted by Gasteiger charge is -2.26. The molecule has 2 aromatic heterocycles. The van der Waals surface area contributed by atoms with Crippen LogP contribution in [0.5, 0.6) is 0 Å². The third kappa shape index (κ3) is 2.58. The number of nitrogens with zero attached hydrogens (tertiary/aromatic N) is 3. The van der Waals surface area contributed by atoms with E-state index in [1.165, 1.54) is 0 Å². The summed E-state index contributed by atoms with van der Waals surface area (Å²) in [6.45, 7) is 4.97. The van der Waals surface area contributed by atoms with Crippen molar-refractivity contribution >= 4 is 16.8 Å². The molecule has 3 heterocycles. The van der Waals surface area contributed by atoms with E-state index in [0.717, 1.165) is 41.9 Å². The van der Waals surface area contributed by atoms with Crippen LogP contribution < -0.4 is 5.32 Å². The highest BCUT2D eigenvalue weighted by molar-refractivity contribution is 5.98. The monoisotopic (exact) mass is 323 g/mol. The summed E-state index contributed by atoms with van der Waals surface area (Å²) in [6, 6.07) is 7.85. The molecule has 1 amide bonds. The van der Waals surface area contributed by atoms with Gasteiger partial charge in [-0.2, -0.15) is 0 Å². The fourth-order valence-corrected chi connectivity index (χ4v) is 3.35. The Labute approximate surface area is 140 Å². The zero-order chi connectivity index (χ0) is 16.7. The first-order valence-electron chi connectivity index (χ1n) is 8.42. The minimum absolute atomic E-state index is 0.0286. The molecule has 0 saturated heterocycles. The molecule has 124 valence electrons. The van der Waals surface area contributed by atoms with Gasteiger partial charge in [0.05, 0.1) is 0 Å². The first-order chi connectivity index (χ1) is 11.6. The Kier molecular flexibility index (Phi) is 3.59. The van der Waals surface area contributed by atoms with Crippen molar-refractivity contribution in [3.05, 3.63) is 47.7 Å². The van der Waals surface area contributed by atoms with Crippen LogP contribution in [0.25, 0.3) is 10.9 Å². The maximum Gasteiger partial charge on any atom is 0.251 e. The highest BCUT2D eigenvalue weighted by atomic mass is 16.1. The Bertz CT molecular complexity index is 892. The molecule has 0 bridgehead atoms. The lowest BCUT2D eigenvalue weighted by atomic mass is 10.0. The van der Waals surface area contributed by atoms with Crippen LogP contribution in [0.2, 0.25) is 0 Å². The molecule has 1 aromatic carbocycles. The first kappa shape index (κ1) is 14.9. The van der Waals surface area contributed by atoms with E-state index in [2.05, 4.69) is 38.9 Å². The van der Waals surface area contributed by atoms with Crippen molar-refractivity contribution in [1.29, 1.82) is 0 Å². The minimum atomic E-state index is -0.0286. The van der Waals surface area contributed by atoms with Gasteiger partial charge in [0.2, 0.25) is 0 Å². The molecule has 3 aromatic rings. The number of rotatable bonds is 3. The van der Waals surface area contributed by atoms with Gasteiger partial charge in [-0.3, -0.25) is 4.79 Å². The second-order valence-corrected chi connectivity index (χ2v) is 6.73. The Balaban J connectivity index is 1.51. The molecule has 1 aliphatic heterocycles. The minimum Gasteiger partial charge on any atom is -0.361 e. The number of benzene rings is 1. The second kappa shape index (κ2) is 5.78. The standard InChI is InChI=1S/C18H21N5O/c1-11(2)17-22-21-16-6-5-14(10-23(16)17)20-18(24)13-4-3-12-7-8-19-15(12)9-13/h3-4,7-9,11,14,19H,5-6,10H2,1-2H3,(H,20,24). The third-order valence-electron chi connectivity index (χ3n) is 4.64. The zero-order valence-corrected chi connectivity index (χ0v) is 13.9. The molecular weight excluding hydrogens is 302 g/mol. The van der Waals surface area contributed by atoms with E-state index in [-0.39, 0.29) is 11.9 Å². The van der Waals surface area contributed by atoms with Crippen LogP contribution in [-0.2, 0) is 13.0 Å². The molecule has 0 radical (unpaired) electrons. The molecule has 0 saturated carbocycles. The second-order valence-electron chi connectivity index (χ2n) is 6.73. The Hall–Kier alpha value is -2.63. The predicted molar refractivity (Wildman–Crippen MR) is 92.0 cm³/mol. The van der Waals surface area contributed by atoms with Gasteiger partial charge in [-0.1, -0.05) is 19.9 Å². The van der Waals surface area contributed by atoms with Crippen LogP contribution >= 0.6 is 0 Å². The number of aryl methyl sites for hydroxylation is 1. The molecule has 6 nitrogen and oxygen atoms in total. The van der Waals surface area contributed by atoms with Crippen molar-refractivity contribution in [2.45, 2.75) is 45.2 Å². The number of hydrogen-bond acceptors (Lipinski definition) is 3. The van der Waals surface area contributed by atoms with Crippen LogP contribution in [0.3, 0.4) is 0 Å². The highest BCUT2D eigenvalue weighted by Crippen LogP contribution is 2.20. The molecule has 1 aliphatic rings. The Morgan fingerprint density at radius 1 is 1.33 bits per heavy atom. The topological polar surface area (TPSA) is 75.6 Å². The van der Waals surface area contributed by atoms with Gasteiger partial charge in [-0.05, 0) is 30.0 Å². The molecule has 1 unspecified atom stereocenters. The van der Waals surface area contributed by atoms with Gasteiger partial charge in [0, 0.05) is 42.2 Å². The van der Waals surface area contributed by atoms with Crippen LogP contribution in [0.4, 0.5) is 0 Å². The van der Waals surface area contributed by atoms with Gasteiger partial charge in [-0.25, -0.2) is 0 Å². The fraction of sp³-hybridized carbons (Fsp3) is 0.389. The van der Waals surface area contributed by atoms with E-state index in [9.17, 15) is 4.79 Å². The lowest BCUT2D eigenvalue weighted by Crippen LogP contribution is -2.41. The molecule has 4 rings (SSSR count). The molecule has 0 spiro atoms. The summed E-state index contributed by atoms with van der Waals surface area (Å²) >= 11 is 0. The number of fused-ring (bicyclic) bond motifs is 2. The van der Waals surface area contributed by atoms with Crippen molar-refractivity contribution in [2.75, 3.05) is 0 Å². The number of H-pyrrole nitrogens is 1. The van der Waals surface area contributed by atoms with Crippen molar-refractivity contribution in [3.8, 4) is 0 Å². The number of amides is 1. The average Bonchev–Trinajstić information content (AvgIpc) is 3.20. The van der Waals surface area contributed by atoms with Crippen LogP contribution in [0.1, 0.15) is 48.2 Å². The molecule has 24 heavy (non-hydrogen) atoms. The van der Waals surface area contributed by atoms with Gasteiger partial charge in [0.25, 0.3) is 5.91 Å². The largest absolute Gasteiger partial charge is 0.361 e. The van der Waals surface area contributed by atoms with Gasteiger partial charge in [0.15, 0.2) is 0 Å². The summed E-state index contributed by atoms with van der Waals surface area (Å²) in [5, 5.41) is 12.8. The quantitative estimate of drug-likeness (QED) is 0.778. The first-order valence-corrected chi connectivity index (χ1v) is 8.42. The lowest BCUT2D eigenvalue weighted by molar-refractivity contribution is 0.0927. The summed E-state index contributed by atoms with van der Waals surface area (Å²) in [5.74, 6) is 2.32. The van der Waals surface area contributed by atoms with Crippen molar-refractivity contribution in [3.63, 3.8) is 0 Å². The third-order valence-corrected chi connectivity index (χ3v) is 4.64. The number of carbonyl (C=O) groups excluding carboxylic acids is 1. The Morgan fingerprint density at radius 3 is 3.04 bits per heavy atom. The number of nitrogens with one attached hydrogen (secondary N) is 2. The normalized spacial score (nSPS) is 17.2. The van der Waals surface area contributed by atoms with E-state index in [4.69, 9.17) is 0 Å². The molecule has 6 heteroatoms. The average molecular weight is 323 g/mol. The van der Waals surface area contributed by atoms with E-state index < -0.39 is 0 Å². The summed E-state index contributed by atoms with van der Waals surface area (Å²) in [5.41, 5.74) is 1.66. The van der Waals surface area contributed by atoms with Crippen LogP contribution in [0, 0.1) is 0 Å². The van der Waals surface area contributed by atoms with Gasteiger partial charge in [0.1, 0.15) is 11.6 Å². The summed E-state index contributed by atoms with van der Waals surface area (Å²) < 4.78 is 2.16. The molecule has 0 fully saturated rings. The van der Waals surface area contributed by atoms with Crippen molar-refractivity contribution < 1.29 is 4.79 Å². The van der Waals surface area contributed by atoms with Crippen molar-refractivity contribution in [2.24, 2.45) is 0 Å². The SMILES string of the molecule is CC(C)c1nnc2n1CC(NC(=O)c1ccc3cc[nH]c3c1)CC2. The van der Waals surface area contributed by atoms with E-state index in [1.54, 1.807) is 0 Å². The predicted octanol–water partition coefficient (Wildman–Crippen LogP) is 2.63. The zero-order valence-electron chi connectivity index (χ0n) is 13.9. The fourth-order valence-electron chi connectivity index (χ4n) is 3.35. The maximum atomic E-state index is 12.6.